The van der Waals surface area contributed by atoms with E-state index < -0.39 is 0 Å². The molecule has 1 aromatic rings. The summed E-state index contributed by atoms with van der Waals surface area (Å²) in [6.45, 7) is 6.06. The molecule has 31 heavy (non-hydrogen) atoms. The van der Waals surface area contributed by atoms with Gasteiger partial charge in [0.25, 0.3) is 0 Å². The second kappa shape index (κ2) is 14.1. The SMILES string of the molecule is C/C=C/CC1CCC(C2CCC(CCc3ccc(COCCCCC)cc3)CC2)CC1. The summed E-state index contributed by atoms with van der Waals surface area (Å²) in [5.74, 6) is 4.02. The minimum Gasteiger partial charge on any atom is -0.377 e. The first-order chi connectivity index (χ1) is 15.3. The monoisotopic (exact) mass is 424 g/mol. The quantitative estimate of drug-likeness (QED) is 0.240. The standard InChI is InChI=1S/C30H48O/c1-3-5-7-23-31-24-28-13-11-26(12-14-28)9-10-27-17-21-30(22-18-27)29-19-15-25(16-20-29)8-6-4-2/h4,6,11-14,25,27,29-30H,3,5,7-10,15-24H2,1-2H3/b6-4+. The van der Waals surface area contributed by atoms with Crippen LogP contribution in [-0.2, 0) is 17.8 Å². The van der Waals surface area contributed by atoms with E-state index in [1.807, 2.05) is 0 Å². The first-order valence-electron chi connectivity index (χ1n) is 13.5. The Labute approximate surface area is 193 Å². The molecule has 0 spiro atoms. The van der Waals surface area contributed by atoms with E-state index in [2.05, 4.69) is 50.3 Å². The fraction of sp³-hybridized carbons (Fsp3) is 0.733. The second-order valence-electron chi connectivity index (χ2n) is 10.5. The predicted octanol–water partition coefficient (Wildman–Crippen LogP) is 8.91. The van der Waals surface area contributed by atoms with Crippen LogP contribution in [0.1, 0.15) is 108 Å². The van der Waals surface area contributed by atoms with Crippen molar-refractivity contribution < 1.29 is 4.74 Å². The summed E-state index contributed by atoms with van der Waals surface area (Å²) in [4.78, 5) is 0. The van der Waals surface area contributed by atoms with Gasteiger partial charge in [0, 0.05) is 6.61 Å². The highest BCUT2D eigenvalue weighted by molar-refractivity contribution is 5.22. The summed E-state index contributed by atoms with van der Waals surface area (Å²) in [6, 6.07) is 9.22. The summed E-state index contributed by atoms with van der Waals surface area (Å²) < 4.78 is 5.80. The van der Waals surface area contributed by atoms with E-state index >= 15 is 0 Å². The molecule has 0 radical (unpaired) electrons. The molecule has 2 aliphatic carbocycles. The van der Waals surface area contributed by atoms with E-state index in [4.69, 9.17) is 4.74 Å². The van der Waals surface area contributed by atoms with Gasteiger partial charge < -0.3 is 4.74 Å². The van der Waals surface area contributed by atoms with E-state index in [9.17, 15) is 0 Å². The van der Waals surface area contributed by atoms with Gasteiger partial charge in [-0.05, 0) is 106 Å². The zero-order valence-electron chi connectivity index (χ0n) is 20.5. The first-order valence-corrected chi connectivity index (χ1v) is 13.5. The Bertz CT molecular complexity index is 600. The van der Waals surface area contributed by atoms with Gasteiger partial charge in [0.15, 0.2) is 0 Å². The Morgan fingerprint density at radius 1 is 0.806 bits per heavy atom. The number of hydrogen-bond acceptors (Lipinski definition) is 1. The third-order valence-electron chi connectivity index (χ3n) is 8.18. The third-order valence-corrected chi connectivity index (χ3v) is 8.18. The molecule has 2 saturated carbocycles. The van der Waals surface area contributed by atoms with Crippen LogP contribution in [0, 0.1) is 23.7 Å². The van der Waals surface area contributed by atoms with E-state index in [1.165, 1.54) is 101 Å². The van der Waals surface area contributed by atoms with Crippen LogP contribution in [0.2, 0.25) is 0 Å². The number of benzene rings is 1. The summed E-state index contributed by atoms with van der Waals surface area (Å²) >= 11 is 0. The lowest BCUT2D eigenvalue weighted by atomic mass is 9.68. The molecule has 1 heteroatoms. The lowest BCUT2D eigenvalue weighted by molar-refractivity contribution is 0.117. The Kier molecular flexibility index (Phi) is 11.2. The highest BCUT2D eigenvalue weighted by Crippen LogP contribution is 2.42. The van der Waals surface area contributed by atoms with E-state index in [0.717, 1.165) is 36.9 Å². The maximum Gasteiger partial charge on any atom is 0.0716 e. The lowest BCUT2D eigenvalue weighted by Crippen LogP contribution is -2.26. The molecule has 1 aromatic carbocycles. The molecule has 0 unspecified atom stereocenters. The van der Waals surface area contributed by atoms with Crippen molar-refractivity contribution in [3.8, 4) is 0 Å². The van der Waals surface area contributed by atoms with Crippen molar-refractivity contribution in [1.29, 1.82) is 0 Å². The van der Waals surface area contributed by atoms with Gasteiger partial charge in [-0.25, -0.2) is 0 Å². The van der Waals surface area contributed by atoms with Crippen LogP contribution in [0.4, 0.5) is 0 Å². The van der Waals surface area contributed by atoms with Crippen molar-refractivity contribution >= 4 is 0 Å². The number of aryl methyl sites for hydroxylation is 1. The molecule has 0 saturated heterocycles. The van der Waals surface area contributed by atoms with Crippen molar-refractivity contribution in [1.82, 2.24) is 0 Å². The molecule has 0 heterocycles. The molecule has 0 aromatic heterocycles. The summed E-state index contributed by atoms with van der Waals surface area (Å²) in [5, 5.41) is 0. The fourth-order valence-electron chi connectivity index (χ4n) is 5.99. The highest BCUT2D eigenvalue weighted by atomic mass is 16.5. The number of rotatable bonds is 12. The van der Waals surface area contributed by atoms with E-state index in [0.29, 0.717) is 0 Å². The van der Waals surface area contributed by atoms with Crippen LogP contribution in [0.15, 0.2) is 36.4 Å². The molecular weight excluding hydrogens is 376 g/mol. The number of allylic oxidation sites excluding steroid dienone is 2. The molecule has 2 aliphatic rings. The average molecular weight is 425 g/mol. The van der Waals surface area contributed by atoms with Gasteiger partial charge in [-0.1, -0.05) is 69.0 Å². The normalized spacial score (nSPS) is 27.0. The highest BCUT2D eigenvalue weighted by Gasteiger charge is 2.30. The minimum atomic E-state index is 0.769. The van der Waals surface area contributed by atoms with E-state index in [-0.39, 0.29) is 0 Å². The Hall–Kier alpha value is -1.08. The second-order valence-corrected chi connectivity index (χ2v) is 10.5. The smallest absolute Gasteiger partial charge is 0.0716 e. The molecular formula is C30H48O. The van der Waals surface area contributed by atoms with Crippen molar-refractivity contribution in [2.24, 2.45) is 23.7 Å². The molecule has 0 bridgehead atoms. The largest absolute Gasteiger partial charge is 0.377 e. The van der Waals surface area contributed by atoms with Gasteiger partial charge in [-0.2, -0.15) is 0 Å². The summed E-state index contributed by atoms with van der Waals surface area (Å²) in [6.07, 6.45) is 24.2. The molecule has 1 nitrogen and oxygen atoms in total. The maximum atomic E-state index is 5.80. The van der Waals surface area contributed by atoms with Gasteiger partial charge >= 0.3 is 0 Å². The Morgan fingerprint density at radius 2 is 1.42 bits per heavy atom. The molecule has 174 valence electrons. The van der Waals surface area contributed by atoms with Crippen LogP contribution in [0.25, 0.3) is 0 Å². The van der Waals surface area contributed by atoms with Crippen molar-refractivity contribution in [2.45, 2.75) is 110 Å². The number of ether oxygens (including phenoxy) is 1. The third kappa shape index (κ3) is 8.76. The van der Waals surface area contributed by atoms with Crippen LogP contribution in [-0.4, -0.2) is 6.61 Å². The lowest BCUT2D eigenvalue weighted by Gasteiger charge is -2.37. The van der Waals surface area contributed by atoms with Gasteiger partial charge in [0.05, 0.1) is 6.61 Å². The topological polar surface area (TPSA) is 9.23 Å². The van der Waals surface area contributed by atoms with Crippen LogP contribution < -0.4 is 0 Å². The zero-order chi connectivity index (χ0) is 21.7. The van der Waals surface area contributed by atoms with Gasteiger partial charge in [0.1, 0.15) is 0 Å². The maximum absolute atomic E-state index is 5.80. The average Bonchev–Trinajstić information content (AvgIpc) is 2.83. The summed E-state index contributed by atoms with van der Waals surface area (Å²) in [5.41, 5.74) is 2.83. The molecule has 0 amide bonds. The van der Waals surface area contributed by atoms with Crippen molar-refractivity contribution in [3.05, 3.63) is 47.5 Å². The number of hydrogen-bond donors (Lipinski definition) is 0. The van der Waals surface area contributed by atoms with Crippen LogP contribution in [0.3, 0.4) is 0 Å². The number of unbranched alkanes of at least 4 members (excludes halogenated alkanes) is 2. The van der Waals surface area contributed by atoms with Crippen LogP contribution >= 0.6 is 0 Å². The van der Waals surface area contributed by atoms with Crippen molar-refractivity contribution in [3.63, 3.8) is 0 Å². The minimum absolute atomic E-state index is 0.769. The molecule has 0 atom stereocenters. The van der Waals surface area contributed by atoms with Crippen molar-refractivity contribution in [2.75, 3.05) is 6.61 Å². The molecule has 3 rings (SSSR count). The zero-order valence-corrected chi connectivity index (χ0v) is 20.5. The first kappa shape index (κ1) is 24.6. The Balaban J connectivity index is 1.29. The predicted molar refractivity (Wildman–Crippen MR) is 134 cm³/mol. The van der Waals surface area contributed by atoms with E-state index in [1.54, 1.807) is 0 Å². The molecule has 0 aliphatic heterocycles. The van der Waals surface area contributed by atoms with Gasteiger partial charge in [0.2, 0.25) is 0 Å². The van der Waals surface area contributed by atoms with Gasteiger partial charge in [-0.15, -0.1) is 0 Å². The Morgan fingerprint density at radius 3 is 2.03 bits per heavy atom. The summed E-state index contributed by atoms with van der Waals surface area (Å²) in [7, 11) is 0. The van der Waals surface area contributed by atoms with Gasteiger partial charge in [-0.3, -0.25) is 0 Å². The fourth-order valence-corrected chi connectivity index (χ4v) is 5.99. The molecule has 2 fully saturated rings. The van der Waals surface area contributed by atoms with Crippen LogP contribution in [0.5, 0.6) is 0 Å². The molecule has 0 N–H and O–H groups in total.